The molecule has 7 heteroatoms. The summed E-state index contributed by atoms with van der Waals surface area (Å²) in [4.78, 5) is 42.4. The summed E-state index contributed by atoms with van der Waals surface area (Å²) in [6, 6.07) is 5.05. The van der Waals surface area contributed by atoms with Gasteiger partial charge in [-0.25, -0.2) is 4.79 Å². The molecule has 0 saturated heterocycles. The number of hydrogen-bond acceptors (Lipinski definition) is 5. The summed E-state index contributed by atoms with van der Waals surface area (Å²) in [5.74, 6) is -3.92. The van der Waals surface area contributed by atoms with Gasteiger partial charge in [0.1, 0.15) is 0 Å². The Balaban J connectivity index is 3.01. The molecule has 0 heterocycles. The van der Waals surface area contributed by atoms with Gasteiger partial charge in [0.25, 0.3) is 5.69 Å². The lowest BCUT2D eigenvalue weighted by molar-refractivity contribution is -0.385. The summed E-state index contributed by atoms with van der Waals surface area (Å²) in [5.41, 5.74) is -0.720. The van der Waals surface area contributed by atoms with Crippen LogP contribution in [0, 0.1) is 10.1 Å². The topological polar surface area (TPSA) is 115 Å². The minimum atomic E-state index is -1.74. The number of carboxylic acids is 1. The molecule has 1 rings (SSSR count). The fourth-order valence-electron chi connectivity index (χ4n) is 1.19. The number of benzene rings is 1. The van der Waals surface area contributed by atoms with Crippen molar-refractivity contribution in [2.24, 2.45) is 0 Å². The number of para-hydroxylation sites is 1. The Bertz CT molecular complexity index is 507. The fraction of sp³-hybridized carbons (Fsp3) is 0.100. The van der Waals surface area contributed by atoms with Gasteiger partial charge in [-0.2, -0.15) is 0 Å². The highest BCUT2D eigenvalue weighted by molar-refractivity contribution is 6.37. The number of aliphatic carboxylic acids is 1. The molecule has 1 N–H and O–H groups in total. The Morgan fingerprint density at radius 1 is 1.24 bits per heavy atom. The van der Waals surface area contributed by atoms with E-state index in [0.717, 1.165) is 6.07 Å². The zero-order chi connectivity index (χ0) is 13.0. The van der Waals surface area contributed by atoms with Gasteiger partial charge in [-0.05, 0) is 6.07 Å². The number of rotatable bonds is 5. The summed E-state index contributed by atoms with van der Waals surface area (Å²) < 4.78 is 0. The molecular weight excluding hydrogens is 230 g/mol. The first-order chi connectivity index (χ1) is 7.93. The average molecular weight is 237 g/mol. The van der Waals surface area contributed by atoms with Crippen molar-refractivity contribution in [2.45, 2.75) is 6.42 Å². The zero-order valence-electron chi connectivity index (χ0n) is 8.45. The molecule has 7 nitrogen and oxygen atoms in total. The zero-order valence-corrected chi connectivity index (χ0v) is 8.45. The van der Waals surface area contributed by atoms with Crippen molar-refractivity contribution in [3.63, 3.8) is 0 Å². The second-order valence-corrected chi connectivity index (χ2v) is 3.10. The summed E-state index contributed by atoms with van der Waals surface area (Å²) in [6.45, 7) is 0. The lowest BCUT2D eigenvalue weighted by Gasteiger charge is -1.99. The molecule has 0 spiro atoms. The molecular formula is C10H7NO6. The van der Waals surface area contributed by atoms with Crippen LogP contribution in [0.15, 0.2) is 24.3 Å². The SMILES string of the molecule is O=C(O)C(=O)CC(=O)c1ccccc1[N+](=O)[O-]. The van der Waals surface area contributed by atoms with Gasteiger partial charge < -0.3 is 5.11 Å². The quantitative estimate of drug-likeness (QED) is 0.266. The first-order valence-corrected chi connectivity index (χ1v) is 4.46. The first kappa shape index (κ1) is 12.5. The first-order valence-electron chi connectivity index (χ1n) is 4.46. The number of hydrogen-bond donors (Lipinski definition) is 1. The monoisotopic (exact) mass is 237 g/mol. The number of nitro benzene ring substituents is 1. The highest BCUT2D eigenvalue weighted by Gasteiger charge is 2.23. The minimum absolute atomic E-state index is 0.271. The van der Waals surface area contributed by atoms with Crippen molar-refractivity contribution in [1.82, 2.24) is 0 Å². The van der Waals surface area contributed by atoms with Crippen LogP contribution in [-0.4, -0.2) is 27.6 Å². The minimum Gasteiger partial charge on any atom is -0.475 e. The normalized spacial score (nSPS) is 9.65. The smallest absolute Gasteiger partial charge is 0.372 e. The second-order valence-electron chi connectivity index (χ2n) is 3.10. The molecule has 0 saturated carbocycles. The standard InChI is InChI=1S/C10H7NO6/c12-8(5-9(13)10(14)15)6-3-1-2-4-7(6)11(16)17/h1-4H,5H2,(H,14,15). The molecule has 0 fully saturated rings. The van der Waals surface area contributed by atoms with E-state index in [-0.39, 0.29) is 5.56 Å². The number of carbonyl (C=O) groups is 3. The molecule has 0 aliphatic rings. The number of carbonyl (C=O) groups excluding carboxylic acids is 2. The lowest BCUT2D eigenvalue weighted by atomic mass is 10.0. The molecule has 0 unspecified atom stereocenters. The van der Waals surface area contributed by atoms with E-state index in [1.807, 2.05) is 0 Å². The van der Waals surface area contributed by atoms with Crippen molar-refractivity contribution in [1.29, 1.82) is 0 Å². The number of Topliss-reactive ketones (excluding diaryl/α,β-unsaturated/α-hetero) is 2. The van der Waals surface area contributed by atoms with Crippen LogP contribution >= 0.6 is 0 Å². The van der Waals surface area contributed by atoms with Gasteiger partial charge in [0.05, 0.1) is 16.9 Å². The van der Waals surface area contributed by atoms with Gasteiger partial charge in [-0.15, -0.1) is 0 Å². The molecule has 0 aliphatic carbocycles. The van der Waals surface area contributed by atoms with E-state index in [1.54, 1.807) is 0 Å². The summed E-state index contributed by atoms with van der Waals surface area (Å²) in [6.07, 6.45) is -0.889. The third-order valence-corrected chi connectivity index (χ3v) is 1.96. The molecule has 0 aliphatic heterocycles. The maximum atomic E-state index is 11.5. The summed E-state index contributed by atoms with van der Waals surface area (Å²) >= 11 is 0. The van der Waals surface area contributed by atoms with Gasteiger partial charge in [-0.3, -0.25) is 19.7 Å². The fourth-order valence-corrected chi connectivity index (χ4v) is 1.19. The molecule has 0 radical (unpaired) electrons. The van der Waals surface area contributed by atoms with Crippen molar-refractivity contribution < 1.29 is 24.4 Å². The van der Waals surface area contributed by atoms with Crippen molar-refractivity contribution in [3.8, 4) is 0 Å². The van der Waals surface area contributed by atoms with E-state index in [9.17, 15) is 24.5 Å². The molecule has 0 amide bonds. The van der Waals surface area contributed by atoms with Crippen LogP contribution in [-0.2, 0) is 9.59 Å². The van der Waals surface area contributed by atoms with E-state index in [0.29, 0.717) is 0 Å². The number of carboxylic acid groups (broad SMARTS) is 1. The van der Waals surface area contributed by atoms with E-state index < -0.39 is 34.6 Å². The Labute approximate surface area is 94.8 Å². The molecule has 1 aromatic rings. The molecule has 17 heavy (non-hydrogen) atoms. The van der Waals surface area contributed by atoms with Gasteiger partial charge in [-0.1, -0.05) is 12.1 Å². The van der Waals surface area contributed by atoms with Crippen LogP contribution in [0.2, 0.25) is 0 Å². The molecule has 1 aromatic carbocycles. The maximum Gasteiger partial charge on any atom is 0.372 e. The number of nitrogens with zero attached hydrogens (tertiary/aromatic N) is 1. The predicted molar refractivity (Wildman–Crippen MR) is 54.7 cm³/mol. The molecule has 0 aromatic heterocycles. The molecule has 88 valence electrons. The Morgan fingerprint density at radius 3 is 2.35 bits per heavy atom. The van der Waals surface area contributed by atoms with Gasteiger partial charge >= 0.3 is 5.97 Å². The number of ketones is 2. The van der Waals surface area contributed by atoms with Gasteiger partial charge in [0, 0.05) is 6.07 Å². The van der Waals surface area contributed by atoms with Crippen LogP contribution in [0.5, 0.6) is 0 Å². The maximum absolute atomic E-state index is 11.5. The molecule has 0 bridgehead atoms. The Hall–Kier alpha value is -2.57. The van der Waals surface area contributed by atoms with E-state index in [4.69, 9.17) is 5.11 Å². The van der Waals surface area contributed by atoms with Gasteiger partial charge in [0.2, 0.25) is 5.78 Å². The Morgan fingerprint density at radius 2 is 1.82 bits per heavy atom. The van der Waals surface area contributed by atoms with Crippen LogP contribution in [0.1, 0.15) is 16.8 Å². The van der Waals surface area contributed by atoms with E-state index in [2.05, 4.69) is 0 Å². The Kier molecular flexibility index (Phi) is 3.66. The summed E-state index contributed by atoms with van der Waals surface area (Å²) in [7, 11) is 0. The third kappa shape index (κ3) is 2.94. The van der Waals surface area contributed by atoms with Crippen molar-refractivity contribution in [3.05, 3.63) is 39.9 Å². The van der Waals surface area contributed by atoms with Crippen molar-refractivity contribution >= 4 is 23.2 Å². The van der Waals surface area contributed by atoms with Crippen LogP contribution < -0.4 is 0 Å². The van der Waals surface area contributed by atoms with Crippen LogP contribution in [0.4, 0.5) is 5.69 Å². The predicted octanol–water partition coefficient (Wildman–Crippen LogP) is 0.821. The largest absolute Gasteiger partial charge is 0.475 e. The van der Waals surface area contributed by atoms with Crippen LogP contribution in [0.25, 0.3) is 0 Å². The highest BCUT2D eigenvalue weighted by atomic mass is 16.6. The second kappa shape index (κ2) is 4.97. The highest BCUT2D eigenvalue weighted by Crippen LogP contribution is 2.19. The average Bonchev–Trinajstić information content (AvgIpc) is 2.28. The van der Waals surface area contributed by atoms with Crippen molar-refractivity contribution in [2.75, 3.05) is 0 Å². The van der Waals surface area contributed by atoms with E-state index in [1.165, 1.54) is 18.2 Å². The molecule has 0 atom stereocenters. The van der Waals surface area contributed by atoms with Gasteiger partial charge in [0.15, 0.2) is 5.78 Å². The lowest BCUT2D eigenvalue weighted by Crippen LogP contribution is -2.17. The summed E-state index contributed by atoms with van der Waals surface area (Å²) in [5, 5.41) is 18.9. The van der Waals surface area contributed by atoms with Crippen LogP contribution in [0.3, 0.4) is 0 Å². The number of nitro groups is 1. The van der Waals surface area contributed by atoms with E-state index >= 15 is 0 Å². The third-order valence-electron chi connectivity index (χ3n) is 1.96.